The van der Waals surface area contributed by atoms with Crippen molar-refractivity contribution < 1.29 is 4.79 Å². The van der Waals surface area contributed by atoms with Crippen LogP contribution in [-0.2, 0) is 6.42 Å². The summed E-state index contributed by atoms with van der Waals surface area (Å²) in [5.74, 6) is 0. The largest absolute Gasteiger partial charge is 0.338 e. The molecule has 0 bridgehead atoms. The van der Waals surface area contributed by atoms with Gasteiger partial charge in [-0.15, -0.1) is 12.4 Å². The van der Waals surface area contributed by atoms with Crippen molar-refractivity contribution in [3.05, 3.63) is 35.9 Å². The Labute approximate surface area is 120 Å². The zero-order valence-corrected chi connectivity index (χ0v) is 11.9. The van der Waals surface area contributed by atoms with Gasteiger partial charge in [0.1, 0.15) is 0 Å². The zero-order chi connectivity index (χ0) is 12.8. The first kappa shape index (κ1) is 15.8. The molecule has 1 aromatic carbocycles. The SMILES string of the molecule is Cl.N[C@H]1CCCN(C(=O)NCCc2ccccc2)C1. The van der Waals surface area contributed by atoms with E-state index in [1.165, 1.54) is 5.56 Å². The third kappa shape index (κ3) is 5.09. The molecule has 4 nitrogen and oxygen atoms in total. The molecule has 5 heteroatoms. The average molecular weight is 284 g/mol. The minimum absolute atomic E-state index is 0. The molecule has 2 rings (SSSR count). The summed E-state index contributed by atoms with van der Waals surface area (Å²) in [6.07, 6.45) is 2.90. The number of urea groups is 1. The summed E-state index contributed by atoms with van der Waals surface area (Å²) in [4.78, 5) is 13.7. The normalized spacial score (nSPS) is 18.6. The summed E-state index contributed by atoms with van der Waals surface area (Å²) >= 11 is 0. The maximum atomic E-state index is 11.9. The van der Waals surface area contributed by atoms with E-state index >= 15 is 0 Å². The van der Waals surface area contributed by atoms with Crippen LogP contribution in [0.5, 0.6) is 0 Å². The first-order valence-electron chi connectivity index (χ1n) is 6.58. The zero-order valence-electron chi connectivity index (χ0n) is 11.0. The van der Waals surface area contributed by atoms with Crippen LogP contribution in [0.25, 0.3) is 0 Å². The highest BCUT2D eigenvalue weighted by atomic mass is 35.5. The third-order valence-corrected chi connectivity index (χ3v) is 3.28. The van der Waals surface area contributed by atoms with Gasteiger partial charge in [-0.05, 0) is 24.8 Å². The second-order valence-corrected chi connectivity index (χ2v) is 4.82. The molecule has 1 aliphatic heterocycles. The first-order chi connectivity index (χ1) is 8.75. The van der Waals surface area contributed by atoms with E-state index < -0.39 is 0 Å². The number of benzene rings is 1. The summed E-state index contributed by atoms with van der Waals surface area (Å²) in [6, 6.07) is 10.3. The van der Waals surface area contributed by atoms with Crippen molar-refractivity contribution in [2.45, 2.75) is 25.3 Å². The maximum absolute atomic E-state index is 11.9. The molecule has 19 heavy (non-hydrogen) atoms. The fourth-order valence-corrected chi connectivity index (χ4v) is 2.26. The molecule has 0 spiro atoms. The number of likely N-dealkylation sites (tertiary alicyclic amines) is 1. The highest BCUT2D eigenvalue weighted by Crippen LogP contribution is 2.08. The van der Waals surface area contributed by atoms with E-state index in [1.54, 1.807) is 0 Å². The summed E-state index contributed by atoms with van der Waals surface area (Å²) < 4.78 is 0. The molecular formula is C14H22ClN3O. The second-order valence-electron chi connectivity index (χ2n) is 4.82. The number of halogens is 1. The van der Waals surface area contributed by atoms with Crippen molar-refractivity contribution in [3.63, 3.8) is 0 Å². The summed E-state index contributed by atoms with van der Waals surface area (Å²) in [5.41, 5.74) is 7.10. The van der Waals surface area contributed by atoms with Crippen molar-refractivity contribution in [1.82, 2.24) is 10.2 Å². The lowest BCUT2D eigenvalue weighted by atomic mass is 10.1. The molecule has 1 heterocycles. The van der Waals surface area contributed by atoms with Crippen LogP contribution in [0, 0.1) is 0 Å². The van der Waals surface area contributed by atoms with Gasteiger partial charge in [-0.1, -0.05) is 30.3 Å². The molecule has 1 saturated heterocycles. The Bertz CT molecular complexity index is 386. The van der Waals surface area contributed by atoms with Crippen LogP contribution in [0.2, 0.25) is 0 Å². The predicted molar refractivity (Wildman–Crippen MR) is 79.6 cm³/mol. The van der Waals surface area contributed by atoms with Gasteiger partial charge in [0.2, 0.25) is 0 Å². The van der Waals surface area contributed by atoms with Crippen molar-refractivity contribution in [2.75, 3.05) is 19.6 Å². The van der Waals surface area contributed by atoms with Gasteiger partial charge in [-0.25, -0.2) is 4.79 Å². The predicted octanol–water partition coefficient (Wildman–Crippen LogP) is 1.78. The Morgan fingerprint density at radius 1 is 1.37 bits per heavy atom. The molecule has 1 atom stereocenters. The van der Waals surface area contributed by atoms with E-state index in [0.717, 1.165) is 25.8 Å². The van der Waals surface area contributed by atoms with Crippen LogP contribution in [0.15, 0.2) is 30.3 Å². The molecule has 3 N–H and O–H groups in total. The Morgan fingerprint density at radius 3 is 2.79 bits per heavy atom. The number of nitrogens with two attached hydrogens (primary N) is 1. The maximum Gasteiger partial charge on any atom is 0.317 e. The Balaban J connectivity index is 0.00000180. The Kier molecular flexibility index (Phi) is 6.67. The lowest BCUT2D eigenvalue weighted by molar-refractivity contribution is 0.180. The number of hydrogen-bond acceptors (Lipinski definition) is 2. The monoisotopic (exact) mass is 283 g/mol. The van der Waals surface area contributed by atoms with E-state index in [-0.39, 0.29) is 24.5 Å². The van der Waals surface area contributed by atoms with Crippen molar-refractivity contribution in [1.29, 1.82) is 0 Å². The fraction of sp³-hybridized carbons (Fsp3) is 0.500. The number of hydrogen-bond donors (Lipinski definition) is 2. The minimum Gasteiger partial charge on any atom is -0.338 e. The molecule has 2 amide bonds. The number of rotatable bonds is 3. The van der Waals surface area contributed by atoms with Crippen LogP contribution >= 0.6 is 12.4 Å². The lowest BCUT2D eigenvalue weighted by Crippen LogP contribution is -2.49. The smallest absolute Gasteiger partial charge is 0.317 e. The van der Waals surface area contributed by atoms with E-state index in [4.69, 9.17) is 5.73 Å². The molecule has 1 aromatic rings. The molecule has 0 saturated carbocycles. The van der Waals surface area contributed by atoms with Crippen LogP contribution in [-0.4, -0.2) is 36.6 Å². The third-order valence-electron chi connectivity index (χ3n) is 3.28. The Hall–Kier alpha value is -1.26. The van der Waals surface area contributed by atoms with Crippen molar-refractivity contribution in [3.8, 4) is 0 Å². The fourth-order valence-electron chi connectivity index (χ4n) is 2.26. The molecule has 0 aromatic heterocycles. The van der Waals surface area contributed by atoms with Gasteiger partial charge in [0, 0.05) is 25.7 Å². The van der Waals surface area contributed by atoms with E-state index in [1.807, 2.05) is 23.1 Å². The number of piperidine rings is 1. The van der Waals surface area contributed by atoms with E-state index in [2.05, 4.69) is 17.4 Å². The quantitative estimate of drug-likeness (QED) is 0.888. The second kappa shape index (κ2) is 8.02. The molecule has 106 valence electrons. The summed E-state index contributed by atoms with van der Waals surface area (Å²) in [5, 5.41) is 2.95. The van der Waals surface area contributed by atoms with Gasteiger partial charge >= 0.3 is 6.03 Å². The van der Waals surface area contributed by atoms with Gasteiger partial charge in [0.25, 0.3) is 0 Å². The molecule has 1 fully saturated rings. The number of carbonyl (C=O) groups is 1. The van der Waals surface area contributed by atoms with Crippen molar-refractivity contribution in [2.24, 2.45) is 5.73 Å². The number of nitrogens with one attached hydrogen (secondary N) is 1. The number of nitrogens with zero attached hydrogens (tertiary/aromatic N) is 1. The molecule has 1 aliphatic rings. The highest BCUT2D eigenvalue weighted by Gasteiger charge is 2.20. The minimum atomic E-state index is 0. The van der Waals surface area contributed by atoms with Gasteiger partial charge in [-0.3, -0.25) is 0 Å². The van der Waals surface area contributed by atoms with Crippen LogP contribution in [0.3, 0.4) is 0 Å². The standard InChI is InChI=1S/C14H21N3O.ClH/c15-13-7-4-10-17(11-13)14(18)16-9-8-12-5-2-1-3-6-12;/h1-3,5-6,13H,4,7-11,15H2,(H,16,18);1H/t13-;/m0./s1. The highest BCUT2D eigenvalue weighted by molar-refractivity contribution is 5.85. The molecular weight excluding hydrogens is 262 g/mol. The van der Waals surface area contributed by atoms with Gasteiger partial charge in [0.05, 0.1) is 0 Å². The first-order valence-corrected chi connectivity index (χ1v) is 6.58. The lowest BCUT2D eigenvalue weighted by Gasteiger charge is -2.30. The summed E-state index contributed by atoms with van der Waals surface area (Å²) in [7, 11) is 0. The van der Waals surface area contributed by atoms with Crippen molar-refractivity contribution >= 4 is 18.4 Å². The van der Waals surface area contributed by atoms with Gasteiger partial charge < -0.3 is 16.0 Å². The Morgan fingerprint density at radius 2 is 2.11 bits per heavy atom. The average Bonchev–Trinajstić information content (AvgIpc) is 2.40. The number of carbonyl (C=O) groups excluding carboxylic acids is 1. The van der Waals surface area contributed by atoms with Gasteiger partial charge in [0.15, 0.2) is 0 Å². The van der Waals surface area contributed by atoms with Gasteiger partial charge in [-0.2, -0.15) is 0 Å². The molecule has 0 radical (unpaired) electrons. The number of amides is 2. The summed E-state index contributed by atoms with van der Waals surface area (Å²) in [6.45, 7) is 2.18. The van der Waals surface area contributed by atoms with Crippen LogP contribution < -0.4 is 11.1 Å². The van der Waals surface area contributed by atoms with Crippen LogP contribution in [0.1, 0.15) is 18.4 Å². The topological polar surface area (TPSA) is 58.4 Å². The van der Waals surface area contributed by atoms with E-state index in [9.17, 15) is 4.79 Å². The van der Waals surface area contributed by atoms with Crippen LogP contribution in [0.4, 0.5) is 4.79 Å². The molecule has 0 aliphatic carbocycles. The molecule has 0 unspecified atom stereocenters. The van der Waals surface area contributed by atoms with E-state index in [0.29, 0.717) is 13.1 Å².